The summed E-state index contributed by atoms with van der Waals surface area (Å²) < 4.78 is 25.3. The van der Waals surface area contributed by atoms with Gasteiger partial charge in [-0.3, -0.25) is 0 Å². The lowest BCUT2D eigenvalue weighted by Crippen LogP contribution is -2.28. The molecule has 1 fully saturated rings. The number of aliphatic hydroxyl groups is 1. The molecule has 0 unspecified atom stereocenters. The highest BCUT2D eigenvalue weighted by Gasteiger charge is 2.34. The Morgan fingerprint density at radius 1 is 1.14 bits per heavy atom. The summed E-state index contributed by atoms with van der Waals surface area (Å²) in [5, 5.41) is 8.41. The Hall–Kier alpha value is -0.130. The average molecular weight is 221 g/mol. The standard InChI is InChI=1S/C9H19NO3S/c11-8-4-2-1-3-7-10-14(12,13)9-5-6-9/h9-11H,1-8H2. The van der Waals surface area contributed by atoms with Gasteiger partial charge < -0.3 is 5.11 Å². The lowest BCUT2D eigenvalue weighted by molar-refractivity contribution is 0.282. The molecule has 0 aromatic heterocycles. The number of aliphatic hydroxyl groups excluding tert-OH is 1. The molecule has 0 radical (unpaired) electrons. The molecular formula is C9H19NO3S. The van der Waals surface area contributed by atoms with Crippen LogP contribution >= 0.6 is 0 Å². The smallest absolute Gasteiger partial charge is 0.214 e. The van der Waals surface area contributed by atoms with Crippen molar-refractivity contribution < 1.29 is 13.5 Å². The third-order valence-electron chi connectivity index (χ3n) is 2.35. The molecule has 0 aromatic carbocycles. The number of nitrogens with one attached hydrogen (secondary N) is 1. The van der Waals surface area contributed by atoms with Gasteiger partial charge in [-0.25, -0.2) is 13.1 Å². The molecule has 5 heteroatoms. The summed E-state index contributed by atoms with van der Waals surface area (Å²) in [6.45, 7) is 0.776. The van der Waals surface area contributed by atoms with Crippen LogP contribution in [-0.4, -0.2) is 31.9 Å². The van der Waals surface area contributed by atoms with Crippen LogP contribution in [0.25, 0.3) is 0 Å². The van der Waals surface area contributed by atoms with E-state index in [1.807, 2.05) is 0 Å². The van der Waals surface area contributed by atoms with E-state index in [9.17, 15) is 8.42 Å². The molecule has 0 atom stereocenters. The average Bonchev–Trinajstić information content (AvgIpc) is 2.94. The Morgan fingerprint density at radius 3 is 2.36 bits per heavy atom. The van der Waals surface area contributed by atoms with E-state index >= 15 is 0 Å². The Morgan fingerprint density at radius 2 is 1.79 bits per heavy atom. The number of sulfonamides is 1. The van der Waals surface area contributed by atoms with E-state index in [0.29, 0.717) is 6.54 Å². The second-order valence-corrected chi connectivity index (χ2v) is 5.82. The van der Waals surface area contributed by atoms with Gasteiger partial charge in [-0.15, -0.1) is 0 Å². The second kappa shape index (κ2) is 5.68. The number of hydrogen-bond acceptors (Lipinski definition) is 3. The predicted octanol–water partition coefficient (Wildman–Crippen LogP) is 0.621. The fraction of sp³-hybridized carbons (Fsp3) is 1.00. The van der Waals surface area contributed by atoms with Crippen LogP contribution in [0.15, 0.2) is 0 Å². The van der Waals surface area contributed by atoms with Gasteiger partial charge in [-0.1, -0.05) is 12.8 Å². The predicted molar refractivity (Wildman–Crippen MR) is 55.5 cm³/mol. The molecule has 1 saturated carbocycles. The summed E-state index contributed by atoms with van der Waals surface area (Å²) in [4.78, 5) is 0. The van der Waals surface area contributed by atoms with Gasteiger partial charge in [-0.05, 0) is 25.7 Å². The lowest BCUT2D eigenvalue weighted by Gasteiger charge is -2.04. The molecule has 2 N–H and O–H groups in total. The van der Waals surface area contributed by atoms with Crippen LogP contribution in [0.5, 0.6) is 0 Å². The molecule has 14 heavy (non-hydrogen) atoms. The zero-order chi connectivity index (χ0) is 10.4. The molecule has 4 nitrogen and oxygen atoms in total. The third kappa shape index (κ3) is 4.39. The molecule has 84 valence electrons. The molecule has 0 aliphatic heterocycles. The van der Waals surface area contributed by atoms with Crippen molar-refractivity contribution in [3.8, 4) is 0 Å². The van der Waals surface area contributed by atoms with Gasteiger partial charge in [0.1, 0.15) is 0 Å². The molecular weight excluding hydrogens is 202 g/mol. The maximum atomic E-state index is 11.3. The normalized spacial score (nSPS) is 17.2. The van der Waals surface area contributed by atoms with E-state index in [1.165, 1.54) is 0 Å². The van der Waals surface area contributed by atoms with Crippen molar-refractivity contribution in [1.82, 2.24) is 4.72 Å². The zero-order valence-corrected chi connectivity index (χ0v) is 9.22. The van der Waals surface area contributed by atoms with E-state index in [1.54, 1.807) is 0 Å². The highest BCUT2D eigenvalue weighted by Crippen LogP contribution is 2.27. The number of unbranched alkanes of at least 4 members (excludes halogenated alkanes) is 3. The van der Waals surface area contributed by atoms with Gasteiger partial charge in [0.2, 0.25) is 10.0 Å². The summed E-state index contributed by atoms with van der Waals surface area (Å²) in [6, 6.07) is 0. The van der Waals surface area contributed by atoms with Crippen molar-refractivity contribution in [2.24, 2.45) is 0 Å². The first kappa shape index (κ1) is 11.9. The van der Waals surface area contributed by atoms with Crippen molar-refractivity contribution in [2.45, 2.75) is 43.8 Å². The molecule has 0 aromatic rings. The van der Waals surface area contributed by atoms with E-state index in [4.69, 9.17) is 5.11 Å². The minimum atomic E-state index is -2.98. The van der Waals surface area contributed by atoms with Crippen molar-refractivity contribution in [2.75, 3.05) is 13.2 Å². The Labute approximate surface area is 85.8 Å². The van der Waals surface area contributed by atoms with Crippen molar-refractivity contribution in [1.29, 1.82) is 0 Å². The Bertz CT molecular complexity index is 247. The third-order valence-corrected chi connectivity index (χ3v) is 4.31. The summed E-state index contributed by atoms with van der Waals surface area (Å²) >= 11 is 0. The molecule has 1 rings (SSSR count). The molecule has 0 heterocycles. The van der Waals surface area contributed by atoms with Gasteiger partial charge in [-0.2, -0.15) is 0 Å². The van der Waals surface area contributed by atoms with Crippen LogP contribution in [0.4, 0.5) is 0 Å². The minimum Gasteiger partial charge on any atom is -0.396 e. The Balaban J connectivity index is 1.98. The summed E-state index contributed by atoms with van der Waals surface area (Å²) in [7, 11) is -2.98. The quantitative estimate of drug-likeness (QED) is 0.590. The second-order valence-electron chi connectivity index (χ2n) is 3.78. The van der Waals surface area contributed by atoms with Gasteiger partial charge in [0.25, 0.3) is 0 Å². The molecule has 0 saturated heterocycles. The van der Waals surface area contributed by atoms with Crippen LogP contribution in [-0.2, 0) is 10.0 Å². The molecule has 0 bridgehead atoms. The van der Waals surface area contributed by atoms with Gasteiger partial charge in [0.05, 0.1) is 5.25 Å². The van der Waals surface area contributed by atoms with Gasteiger partial charge in [0.15, 0.2) is 0 Å². The minimum absolute atomic E-state index is 0.111. The van der Waals surface area contributed by atoms with Crippen LogP contribution in [0.1, 0.15) is 38.5 Å². The fourth-order valence-corrected chi connectivity index (χ4v) is 2.72. The van der Waals surface area contributed by atoms with E-state index in [-0.39, 0.29) is 11.9 Å². The van der Waals surface area contributed by atoms with Gasteiger partial charge >= 0.3 is 0 Å². The first-order valence-corrected chi connectivity index (χ1v) is 6.81. The van der Waals surface area contributed by atoms with Crippen LogP contribution in [0.3, 0.4) is 0 Å². The van der Waals surface area contributed by atoms with Crippen molar-refractivity contribution >= 4 is 10.0 Å². The summed E-state index contributed by atoms with van der Waals surface area (Å²) in [5.74, 6) is 0. The fourth-order valence-electron chi connectivity index (χ4n) is 1.30. The number of rotatable bonds is 8. The zero-order valence-electron chi connectivity index (χ0n) is 8.41. The SMILES string of the molecule is O=S(=O)(NCCCCCCO)C1CC1. The van der Waals surface area contributed by atoms with Crippen LogP contribution < -0.4 is 4.72 Å². The first-order valence-electron chi connectivity index (χ1n) is 5.26. The van der Waals surface area contributed by atoms with Crippen LogP contribution in [0.2, 0.25) is 0 Å². The Kier molecular flexibility index (Phi) is 4.84. The monoisotopic (exact) mass is 221 g/mol. The topological polar surface area (TPSA) is 66.4 Å². The maximum absolute atomic E-state index is 11.3. The van der Waals surface area contributed by atoms with Crippen LogP contribution in [0, 0.1) is 0 Å². The highest BCUT2D eigenvalue weighted by molar-refractivity contribution is 7.90. The van der Waals surface area contributed by atoms with Crippen molar-refractivity contribution in [3.63, 3.8) is 0 Å². The maximum Gasteiger partial charge on any atom is 0.214 e. The van der Waals surface area contributed by atoms with E-state index in [0.717, 1.165) is 38.5 Å². The number of hydrogen-bond donors (Lipinski definition) is 2. The summed E-state index contributed by atoms with van der Waals surface area (Å²) in [6.07, 6.45) is 5.27. The molecule has 0 amide bonds. The highest BCUT2D eigenvalue weighted by atomic mass is 32.2. The molecule has 1 aliphatic carbocycles. The summed E-state index contributed by atoms with van der Waals surface area (Å²) in [5.41, 5.74) is 0. The van der Waals surface area contributed by atoms with E-state index < -0.39 is 10.0 Å². The largest absolute Gasteiger partial charge is 0.396 e. The first-order chi connectivity index (χ1) is 6.67. The lowest BCUT2D eigenvalue weighted by atomic mass is 10.2. The molecule has 1 aliphatic rings. The molecule has 0 spiro atoms. The van der Waals surface area contributed by atoms with Crippen molar-refractivity contribution in [3.05, 3.63) is 0 Å². The van der Waals surface area contributed by atoms with E-state index in [2.05, 4.69) is 4.72 Å². The van der Waals surface area contributed by atoms with Gasteiger partial charge in [0, 0.05) is 13.2 Å².